The minimum absolute atomic E-state index is 0.0356. The predicted molar refractivity (Wildman–Crippen MR) is 83.0 cm³/mol. The van der Waals surface area contributed by atoms with Crippen molar-refractivity contribution in [1.29, 1.82) is 0 Å². The van der Waals surface area contributed by atoms with Gasteiger partial charge in [-0.2, -0.15) is 0 Å². The van der Waals surface area contributed by atoms with Crippen LogP contribution in [0.3, 0.4) is 0 Å². The van der Waals surface area contributed by atoms with Crippen molar-refractivity contribution in [2.45, 2.75) is 38.6 Å². The summed E-state index contributed by atoms with van der Waals surface area (Å²) in [6.45, 7) is 2.93. The molecule has 21 heavy (non-hydrogen) atoms. The van der Waals surface area contributed by atoms with Gasteiger partial charge >= 0.3 is 0 Å². The highest BCUT2D eigenvalue weighted by molar-refractivity contribution is 5.96. The third-order valence-electron chi connectivity index (χ3n) is 3.68. The molecule has 1 heterocycles. The van der Waals surface area contributed by atoms with Gasteiger partial charge in [-0.3, -0.25) is 9.59 Å². The lowest BCUT2D eigenvalue weighted by Gasteiger charge is -2.29. The lowest BCUT2D eigenvalue weighted by molar-refractivity contribution is -0.121. The average molecular weight is 289 g/mol. The fraction of sp³-hybridized carbons (Fsp3) is 0.500. The van der Waals surface area contributed by atoms with Crippen LogP contribution in [0.1, 0.15) is 31.7 Å². The molecule has 1 aliphatic rings. The van der Waals surface area contributed by atoms with Gasteiger partial charge in [-0.05, 0) is 31.4 Å². The van der Waals surface area contributed by atoms with Crippen LogP contribution in [0.2, 0.25) is 0 Å². The zero-order valence-corrected chi connectivity index (χ0v) is 12.5. The number of anilines is 1. The first kappa shape index (κ1) is 15.5. The molecule has 2 rings (SSSR count). The van der Waals surface area contributed by atoms with E-state index in [0.717, 1.165) is 18.5 Å². The molecule has 0 fully saturated rings. The minimum atomic E-state index is -0.0356. The first-order valence-corrected chi connectivity index (χ1v) is 7.48. The molecule has 0 aliphatic carbocycles. The largest absolute Gasteiger partial charge is 0.356 e. The number of hydrogen-bond donors (Lipinski definition) is 2. The van der Waals surface area contributed by atoms with Gasteiger partial charge in [0.1, 0.15) is 0 Å². The molecular formula is C16H23N3O2. The first-order valence-electron chi connectivity index (χ1n) is 7.48. The van der Waals surface area contributed by atoms with Crippen molar-refractivity contribution in [3.8, 4) is 0 Å². The molecule has 0 spiro atoms. The number of carbonyl (C=O) groups is 2. The fourth-order valence-electron chi connectivity index (χ4n) is 2.48. The van der Waals surface area contributed by atoms with Gasteiger partial charge in [0.2, 0.25) is 11.8 Å². The molecule has 1 atom stereocenters. The monoisotopic (exact) mass is 289 g/mol. The van der Waals surface area contributed by atoms with Crippen molar-refractivity contribution in [2.24, 2.45) is 5.73 Å². The molecule has 0 saturated heterocycles. The summed E-state index contributed by atoms with van der Waals surface area (Å²) in [7, 11) is 0. The van der Waals surface area contributed by atoms with E-state index in [1.807, 2.05) is 31.2 Å². The maximum Gasteiger partial charge on any atom is 0.227 e. The summed E-state index contributed by atoms with van der Waals surface area (Å²) in [4.78, 5) is 25.6. The third kappa shape index (κ3) is 4.29. The highest BCUT2D eigenvalue weighted by Crippen LogP contribution is 2.27. The van der Waals surface area contributed by atoms with E-state index >= 15 is 0 Å². The zero-order valence-electron chi connectivity index (χ0n) is 12.5. The van der Waals surface area contributed by atoms with Gasteiger partial charge in [0.15, 0.2) is 0 Å². The third-order valence-corrected chi connectivity index (χ3v) is 3.68. The maximum absolute atomic E-state index is 12.1. The Balaban J connectivity index is 1.88. The molecule has 1 aliphatic heterocycles. The lowest BCUT2D eigenvalue weighted by atomic mass is 10.0. The van der Waals surface area contributed by atoms with E-state index in [-0.39, 0.29) is 17.9 Å². The van der Waals surface area contributed by atoms with Crippen molar-refractivity contribution >= 4 is 17.5 Å². The normalized spacial score (nSPS) is 15.5. The van der Waals surface area contributed by atoms with E-state index in [1.165, 1.54) is 5.56 Å². The molecule has 0 bridgehead atoms. The van der Waals surface area contributed by atoms with Gasteiger partial charge in [0.25, 0.3) is 0 Å². The number of aryl methyl sites for hydroxylation is 1. The summed E-state index contributed by atoms with van der Waals surface area (Å²) in [6, 6.07) is 7.97. The number of benzene rings is 1. The van der Waals surface area contributed by atoms with Crippen LogP contribution in [0.15, 0.2) is 24.3 Å². The number of carbonyl (C=O) groups excluding carboxylic acids is 2. The quantitative estimate of drug-likeness (QED) is 0.826. The van der Waals surface area contributed by atoms with Gasteiger partial charge in [-0.1, -0.05) is 18.2 Å². The van der Waals surface area contributed by atoms with Crippen LogP contribution in [-0.2, 0) is 16.0 Å². The maximum atomic E-state index is 12.1. The Hall–Kier alpha value is -1.88. The van der Waals surface area contributed by atoms with Crippen molar-refractivity contribution in [3.63, 3.8) is 0 Å². The van der Waals surface area contributed by atoms with Gasteiger partial charge in [0, 0.05) is 37.7 Å². The molecule has 0 saturated carbocycles. The summed E-state index contributed by atoms with van der Waals surface area (Å²) >= 11 is 0. The summed E-state index contributed by atoms with van der Waals surface area (Å²) in [6.07, 6.45) is 2.38. The van der Waals surface area contributed by atoms with E-state index in [2.05, 4.69) is 5.32 Å². The van der Waals surface area contributed by atoms with Crippen LogP contribution in [0, 0.1) is 0 Å². The zero-order chi connectivity index (χ0) is 15.2. The molecule has 0 radical (unpaired) electrons. The molecule has 114 valence electrons. The van der Waals surface area contributed by atoms with Crippen LogP contribution in [-0.4, -0.2) is 30.9 Å². The number of nitrogens with one attached hydrogen (secondary N) is 1. The van der Waals surface area contributed by atoms with Gasteiger partial charge in [0.05, 0.1) is 0 Å². The van der Waals surface area contributed by atoms with Gasteiger partial charge < -0.3 is 16.0 Å². The average Bonchev–Trinajstić information content (AvgIpc) is 2.46. The van der Waals surface area contributed by atoms with Crippen molar-refractivity contribution in [2.75, 3.05) is 18.0 Å². The van der Waals surface area contributed by atoms with Crippen LogP contribution in [0.4, 0.5) is 5.69 Å². The lowest BCUT2D eigenvalue weighted by Crippen LogP contribution is -2.38. The fourth-order valence-corrected chi connectivity index (χ4v) is 2.48. The molecule has 1 unspecified atom stereocenters. The molecule has 5 nitrogen and oxygen atoms in total. The molecule has 1 aromatic rings. The Labute approximate surface area is 125 Å². The first-order chi connectivity index (χ1) is 10.1. The summed E-state index contributed by atoms with van der Waals surface area (Å²) in [5, 5.41) is 2.84. The summed E-state index contributed by atoms with van der Waals surface area (Å²) < 4.78 is 0. The second-order valence-corrected chi connectivity index (χ2v) is 5.54. The number of fused-ring (bicyclic) bond motifs is 1. The van der Waals surface area contributed by atoms with Crippen molar-refractivity contribution < 1.29 is 9.59 Å². The molecule has 1 aromatic carbocycles. The van der Waals surface area contributed by atoms with Crippen LogP contribution >= 0.6 is 0 Å². The van der Waals surface area contributed by atoms with Gasteiger partial charge in [-0.25, -0.2) is 0 Å². The molecule has 2 amide bonds. The molecule has 5 heteroatoms. The van der Waals surface area contributed by atoms with E-state index in [1.54, 1.807) is 4.90 Å². The van der Waals surface area contributed by atoms with E-state index < -0.39 is 0 Å². The predicted octanol–water partition coefficient (Wildman–Crippen LogP) is 1.21. The minimum Gasteiger partial charge on any atom is -0.356 e. The van der Waals surface area contributed by atoms with E-state index in [0.29, 0.717) is 25.9 Å². The van der Waals surface area contributed by atoms with Crippen molar-refractivity contribution in [1.82, 2.24) is 5.32 Å². The number of rotatable bonds is 6. The summed E-state index contributed by atoms with van der Waals surface area (Å²) in [5.74, 6) is 0.0589. The van der Waals surface area contributed by atoms with Crippen molar-refractivity contribution in [3.05, 3.63) is 29.8 Å². The van der Waals surface area contributed by atoms with E-state index in [4.69, 9.17) is 5.73 Å². The Morgan fingerprint density at radius 3 is 2.90 bits per heavy atom. The van der Waals surface area contributed by atoms with E-state index in [9.17, 15) is 9.59 Å². The van der Waals surface area contributed by atoms with Crippen LogP contribution in [0.25, 0.3) is 0 Å². The second-order valence-electron chi connectivity index (χ2n) is 5.54. The Morgan fingerprint density at radius 1 is 1.38 bits per heavy atom. The number of hydrogen-bond acceptors (Lipinski definition) is 3. The highest BCUT2D eigenvalue weighted by Gasteiger charge is 2.23. The number of nitrogens with zero attached hydrogens (tertiary/aromatic N) is 1. The Bertz CT molecular complexity index is 514. The smallest absolute Gasteiger partial charge is 0.227 e. The Kier molecular flexibility index (Phi) is 5.33. The number of para-hydroxylation sites is 1. The topological polar surface area (TPSA) is 75.4 Å². The molecular weight excluding hydrogens is 266 g/mol. The molecule has 3 N–H and O–H groups in total. The van der Waals surface area contributed by atoms with Gasteiger partial charge in [-0.15, -0.1) is 0 Å². The standard InChI is InChI=1S/C16H23N3O2/c1-12(17)8-10-18-15(20)9-11-19-14-5-3-2-4-13(14)6-7-16(19)21/h2-5,12H,6-11,17H2,1H3,(H,18,20). The Morgan fingerprint density at radius 2 is 2.14 bits per heavy atom. The highest BCUT2D eigenvalue weighted by atomic mass is 16.2. The molecule has 0 aromatic heterocycles. The SMILES string of the molecule is CC(N)CCNC(=O)CCN1C(=O)CCc2ccccc21. The van der Waals surface area contributed by atoms with Crippen LogP contribution in [0.5, 0.6) is 0 Å². The number of amides is 2. The second kappa shape index (κ2) is 7.22. The summed E-state index contributed by atoms with van der Waals surface area (Å²) in [5.41, 5.74) is 7.75. The number of nitrogens with two attached hydrogens (primary N) is 1. The van der Waals surface area contributed by atoms with Crippen LogP contribution < -0.4 is 16.0 Å².